The maximum atomic E-state index is 10.7. The van der Waals surface area contributed by atoms with E-state index >= 15 is 0 Å². The van der Waals surface area contributed by atoms with Gasteiger partial charge in [-0.1, -0.05) is 23.2 Å². The van der Waals surface area contributed by atoms with E-state index in [0.29, 0.717) is 13.1 Å². The van der Waals surface area contributed by atoms with Crippen LogP contribution in [0.4, 0.5) is 4.79 Å². The number of alkyl halides is 2. The smallest absolute Gasteiger partial charge is 0.319 e. The fourth-order valence-corrected chi connectivity index (χ4v) is 1.05. The van der Waals surface area contributed by atoms with Crippen molar-refractivity contribution in [1.29, 1.82) is 0 Å². The van der Waals surface area contributed by atoms with Gasteiger partial charge in [0.15, 0.2) is 4.96 Å². The van der Waals surface area contributed by atoms with Crippen molar-refractivity contribution >= 4 is 29.2 Å². The number of rotatable bonds is 1. The number of nitrogens with one attached hydrogen (secondary N) is 1. The fraction of sp³-hybridized carbons (Fsp3) is 0.750. The summed E-state index contributed by atoms with van der Waals surface area (Å²) in [6.45, 7) is 1.23. The Morgan fingerprint density at radius 1 is 1.67 bits per heavy atom. The summed E-state index contributed by atoms with van der Waals surface area (Å²) in [5, 5.41) is 2.57. The molecule has 1 aliphatic heterocycles. The molecule has 0 bridgehead atoms. The molecule has 0 aromatic carbocycles. The first-order valence-electron chi connectivity index (χ1n) is 2.54. The second-order valence-corrected chi connectivity index (χ2v) is 2.75. The van der Waals surface area contributed by atoms with E-state index in [9.17, 15) is 4.79 Å². The lowest BCUT2D eigenvalue weighted by atomic mass is 10.7. The highest BCUT2D eigenvalue weighted by molar-refractivity contribution is 6.44. The number of hydrogen-bond acceptors (Lipinski definition) is 1. The van der Waals surface area contributed by atoms with E-state index in [1.807, 2.05) is 0 Å². The Hall–Kier alpha value is -0.150. The van der Waals surface area contributed by atoms with Crippen molar-refractivity contribution in [2.24, 2.45) is 0 Å². The zero-order valence-electron chi connectivity index (χ0n) is 4.60. The number of amides is 2. The highest BCUT2D eigenvalue weighted by Gasteiger charge is 2.23. The SMILES string of the molecule is O=C1NCCN1C(Cl)Cl. The molecule has 3 nitrogen and oxygen atoms in total. The van der Waals surface area contributed by atoms with Gasteiger partial charge in [0.25, 0.3) is 0 Å². The molecule has 1 aliphatic rings. The van der Waals surface area contributed by atoms with Gasteiger partial charge in [-0.2, -0.15) is 0 Å². The van der Waals surface area contributed by atoms with Gasteiger partial charge in [0.1, 0.15) is 0 Å². The van der Waals surface area contributed by atoms with Gasteiger partial charge in [-0.15, -0.1) is 0 Å². The topological polar surface area (TPSA) is 32.3 Å². The molecule has 1 N–H and O–H groups in total. The van der Waals surface area contributed by atoms with Gasteiger partial charge in [0.05, 0.1) is 0 Å². The zero-order chi connectivity index (χ0) is 6.85. The highest BCUT2D eigenvalue weighted by Crippen LogP contribution is 2.11. The average Bonchev–Trinajstić information content (AvgIpc) is 2.13. The summed E-state index contributed by atoms with van der Waals surface area (Å²) in [5.74, 6) is 0. The van der Waals surface area contributed by atoms with E-state index in [4.69, 9.17) is 23.2 Å². The van der Waals surface area contributed by atoms with Crippen LogP contribution in [0, 0.1) is 0 Å². The first-order valence-corrected chi connectivity index (χ1v) is 3.42. The number of nitrogens with zero attached hydrogens (tertiary/aromatic N) is 1. The second-order valence-electron chi connectivity index (χ2n) is 1.70. The summed E-state index contributed by atoms with van der Waals surface area (Å²) < 4.78 is 0. The van der Waals surface area contributed by atoms with Gasteiger partial charge >= 0.3 is 6.03 Å². The van der Waals surface area contributed by atoms with Gasteiger partial charge in [-0.25, -0.2) is 4.79 Å². The standard InChI is InChI=1S/C4H6Cl2N2O/c5-3(6)8-2-1-7-4(8)9/h3H,1-2H2,(H,7,9). The van der Waals surface area contributed by atoms with Crippen molar-refractivity contribution in [3.05, 3.63) is 0 Å². The molecule has 5 heteroatoms. The van der Waals surface area contributed by atoms with Crippen LogP contribution in [-0.4, -0.2) is 29.0 Å². The molecule has 0 saturated carbocycles. The molecule has 9 heavy (non-hydrogen) atoms. The van der Waals surface area contributed by atoms with E-state index in [2.05, 4.69) is 5.32 Å². The monoisotopic (exact) mass is 168 g/mol. The van der Waals surface area contributed by atoms with Crippen molar-refractivity contribution in [3.8, 4) is 0 Å². The molecule has 1 heterocycles. The van der Waals surface area contributed by atoms with Crippen LogP contribution in [-0.2, 0) is 0 Å². The Morgan fingerprint density at radius 3 is 2.56 bits per heavy atom. The van der Waals surface area contributed by atoms with Crippen LogP contribution in [0.3, 0.4) is 0 Å². The summed E-state index contributed by atoms with van der Waals surface area (Å²) in [6, 6.07) is -0.190. The molecular weight excluding hydrogens is 163 g/mol. The molecule has 2 amide bonds. The normalized spacial score (nSPS) is 19.0. The molecule has 0 spiro atoms. The molecule has 0 aromatic heterocycles. The molecule has 1 fully saturated rings. The Morgan fingerprint density at radius 2 is 2.33 bits per heavy atom. The second kappa shape index (κ2) is 2.62. The molecular formula is C4H6Cl2N2O. The Balaban J connectivity index is 2.49. The zero-order valence-corrected chi connectivity index (χ0v) is 6.11. The summed E-state index contributed by atoms with van der Waals surface area (Å²) in [6.07, 6.45) is 0. The molecule has 0 atom stereocenters. The summed E-state index contributed by atoms with van der Waals surface area (Å²) >= 11 is 10.8. The maximum Gasteiger partial charge on any atom is 0.319 e. The van der Waals surface area contributed by atoms with Crippen molar-refractivity contribution in [3.63, 3.8) is 0 Å². The first-order chi connectivity index (χ1) is 4.22. The van der Waals surface area contributed by atoms with Crippen LogP contribution >= 0.6 is 23.2 Å². The molecule has 0 radical (unpaired) electrons. The third-order valence-electron chi connectivity index (χ3n) is 1.13. The van der Waals surface area contributed by atoms with Crippen LogP contribution in [0.25, 0.3) is 0 Å². The number of carbonyl (C=O) groups excluding carboxylic acids is 1. The van der Waals surface area contributed by atoms with Crippen LogP contribution in [0.5, 0.6) is 0 Å². The van der Waals surface area contributed by atoms with Gasteiger partial charge in [-0.3, -0.25) is 4.90 Å². The van der Waals surface area contributed by atoms with Gasteiger partial charge in [0, 0.05) is 13.1 Å². The number of hydrogen-bond donors (Lipinski definition) is 1. The van der Waals surface area contributed by atoms with E-state index in [0.717, 1.165) is 0 Å². The Labute approximate surface area is 62.9 Å². The predicted octanol–water partition coefficient (Wildman–Crippen LogP) is 0.773. The van der Waals surface area contributed by atoms with Crippen LogP contribution in [0.1, 0.15) is 0 Å². The van der Waals surface area contributed by atoms with Crippen LogP contribution < -0.4 is 5.32 Å². The molecule has 0 unspecified atom stereocenters. The van der Waals surface area contributed by atoms with Crippen LogP contribution in [0.15, 0.2) is 0 Å². The van der Waals surface area contributed by atoms with Gasteiger partial charge in [0.2, 0.25) is 0 Å². The molecule has 0 aliphatic carbocycles. The minimum Gasteiger partial charge on any atom is -0.336 e. The minimum atomic E-state index is -0.715. The van der Waals surface area contributed by atoms with Crippen molar-refractivity contribution in [2.45, 2.75) is 4.96 Å². The average molecular weight is 169 g/mol. The summed E-state index contributed by atoms with van der Waals surface area (Å²) in [5.41, 5.74) is 0. The molecule has 1 saturated heterocycles. The van der Waals surface area contributed by atoms with E-state index in [1.165, 1.54) is 4.90 Å². The maximum absolute atomic E-state index is 10.7. The van der Waals surface area contributed by atoms with E-state index < -0.39 is 4.96 Å². The highest BCUT2D eigenvalue weighted by atomic mass is 35.5. The minimum absolute atomic E-state index is 0.190. The van der Waals surface area contributed by atoms with E-state index in [-0.39, 0.29) is 6.03 Å². The third-order valence-corrected chi connectivity index (χ3v) is 1.60. The van der Waals surface area contributed by atoms with Gasteiger partial charge < -0.3 is 5.32 Å². The number of halogens is 2. The lowest BCUT2D eigenvalue weighted by molar-refractivity contribution is 0.221. The van der Waals surface area contributed by atoms with Crippen molar-refractivity contribution in [2.75, 3.05) is 13.1 Å². The van der Waals surface area contributed by atoms with E-state index in [1.54, 1.807) is 0 Å². The summed E-state index contributed by atoms with van der Waals surface area (Å²) in [7, 11) is 0. The quantitative estimate of drug-likeness (QED) is 0.456. The van der Waals surface area contributed by atoms with Gasteiger partial charge in [-0.05, 0) is 0 Å². The Bertz CT molecular complexity index is 128. The first kappa shape index (κ1) is 6.96. The summed E-state index contributed by atoms with van der Waals surface area (Å²) in [4.78, 5) is 11.3. The van der Waals surface area contributed by atoms with Crippen LogP contribution in [0.2, 0.25) is 0 Å². The number of urea groups is 1. The number of carbonyl (C=O) groups is 1. The molecule has 1 rings (SSSR count). The fourth-order valence-electron chi connectivity index (χ4n) is 0.673. The molecule has 52 valence electrons. The van der Waals surface area contributed by atoms with Crippen molar-refractivity contribution < 1.29 is 4.79 Å². The lowest BCUT2D eigenvalue weighted by Crippen LogP contribution is -2.31. The molecule has 0 aromatic rings. The lowest BCUT2D eigenvalue weighted by Gasteiger charge is -2.13. The Kier molecular flexibility index (Phi) is 2.03. The predicted molar refractivity (Wildman–Crippen MR) is 35.6 cm³/mol. The largest absolute Gasteiger partial charge is 0.336 e. The third kappa shape index (κ3) is 1.40. The van der Waals surface area contributed by atoms with Crippen molar-refractivity contribution in [1.82, 2.24) is 10.2 Å².